The summed E-state index contributed by atoms with van der Waals surface area (Å²) in [7, 11) is -3.18. The highest BCUT2D eigenvalue weighted by Crippen LogP contribution is 2.26. The molecule has 0 aliphatic carbocycles. The molecule has 1 N–H and O–H groups in total. The van der Waals surface area contributed by atoms with E-state index in [0.29, 0.717) is 19.0 Å². The van der Waals surface area contributed by atoms with Crippen molar-refractivity contribution < 1.29 is 8.42 Å². The minimum absolute atomic E-state index is 0.150. The Morgan fingerprint density at radius 1 is 1.30 bits per heavy atom. The predicted molar refractivity (Wildman–Crippen MR) is 80.0 cm³/mol. The minimum Gasteiger partial charge on any atom is -0.282 e. The lowest BCUT2D eigenvalue weighted by Gasteiger charge is -2.22. The molecule has 1 aliphatic heterocycles. The fourth-order valence-corrected chi connectivity index (χ4v) is 4.52. The third-order valence-electron chi connectivity index (χ3n) is 3.64. The van der Waals surface area contributed by atoms with Crippen molar-refractivity contribution in [2.75, 3.05) is 12.3 Å². The van der Waals surface area contributed by atoms with Crippen molar-refractivity contribution in [1.29, 1.82) is 0 Å². The lowest BCUT2D eigenvalue weighted by molar-refractivity contribution is 0.404. The third kappa shape index (κ3) is 3.23. The van der Waals surface area contributed by atoms with E-state index in [2.05, 4.69) is 24.0 Å². The number of aromatic amines is 1. The van der Waals surface area contributed by atoms with E-state index in [9.17, 15) is 8.42 Å². The van der Waals surface area contributed by atoms with Gasteiger partial charge in [0.15, 0.2) is 0 Å². The van der Waals surface area contributed by atoms with Crippen LogP contribution in [0.3, 0.4) is 0 Å². The molecule has 0 saturated heterocycles. The Balaban J connectivity index is 2.29. The Morgan fingerprint density at radius 3 is 2.60 bits per heavy atom. The minimum atomic E-state index is -3.18. The molecule has 0 unspecified atom stereocenters. The molecule has 20 heavy (non-hydrogen) atoms. The van der Waals surface area contributed by atoms with Crippen molar-refractivity contribution in [3.05, 3.63) is 17.0 Å². The summed E-state index contributed by atoms with van der Waals surface area (Å²) in [5.41, 5.74) is 3.20. The van der Waals surface area contributed by atoms with Gasteiger partial charge in [0, 0.05) is 24.3 Å². The zero-order chi connectivity index (χ0) is 14.9. The summed E-state index contributed by atoms with van der Waals surface area (Å²) in [6.07, 6.45) is 1.73. The molecule has 2 rings (SSSR count). The van der Waals surface area contributed by atoms with Gasteiger partial charge in [-0.3, -0.25) is 5.10 Å². The second-order valence-corrected chi connectivity index (χ2v) is 8.34. The maximum atomic E-state index is 12.5. The largest absolute Gasteiger partial charge is 0.282 e. The van der Waals surface area contributed by atoms with Gasteiger partial charge in [-0.25, -0.2) is 8.42 Å². The number of nitrogens with one attached hydrogen (secondary N) is 1. The van der Waals surface area contributed by atoms with Crippen LogP contribution in [0.25, 0.3) is 0 Å². The van der Waals surface area contributed by atoms with Gasteiger partial charge in [0.05, 0.1) is 11.4 Å². The molecular formula is C14H25N3O2S. The molecule has 1 aliphatic rings. The standard InChI is InChI=1S/C14H25N3O2S/c1-10(2)9-20(18,19)17-7-5-6-13-12(8-17)14(11(3)4)16-15-13/h10-11H,5-9H2,1-4H3,(H,15,16). The predicted octanol–water partition coefficient (Wildman–Crippen LogP) is 2.27. The molecule has 6 heteroatoms. The molecule has 1 aromatic heterocycles. The zero-order valence-electron chi connectivity index (χ0n) is 12.8. The van der Waals surface area contributed by atoms with Crippen LogP contribution < -0.4 is 0 Å². The smallest absolute Gasteiger partial charge is 0.214 e. The highest BCUT2D eigenvalue weighted by atomic mass is 32.2. The average molecular weight is 299 g/mol. The van der Waals surface area contributed by atoms with Crippen LogP contribution in [0.4, 0.5) is 0 Å². The number of hydrogen-bond acceptors (Lipinski definition) is 3. The summed E-state index contributed by atoms with van der Waals surface area (Å²) >= 11 is 0. The average Bonchev–Trinajstić information content (AvgIpc) is 2.58. The summed E-state index contributed by atoms with van der Waals surface area (Å²) in [5, 5.41) is 7.46. The highest BCUT2D eigenvalue weighted by molar-refractivity contribution is 7.89. The first kappa shape index (κ1) is 15.5. The van der Waals surface area contributed by atoms with Gasteiger partial charge in [0.1, 0.15) is 0 Å². The Bertz CT molecular complexity index is 561. The maximum absolute atomic E-state index is 12.5. The van der Waals surface area contributed by atoms with Gasteiger partial charge < -0.3 is 0 Å². The van der Waals surface area contributed by atoms with Crippen molar-refractivity contribution in [1.82, 2.24) is 14.5 Å². The molecule has 0 fully saturated rings. The Kier molecular flexibility index (Phi) is 4.54. The Morgan fingerprint density at radius 2 is 2.00 bits per heavy atom. The van der Waals surface area contributed by atoms with Crippen molar-refractivity contribution in [3.8, 4) is 0 Å². The van der Waals surface area contributed by atoms with Gasteiger partial charge in [-0.2, -0.15) is 9.40 Å². The zero-order valence-corrected chi connectivity index (χ0v) is 13.6. The molecule has 0 atom stereocenters. The van der Waals surface area contributed by atoms with Crippen LogP contribution in [0, 0.1) is 5.92 Å². The first-order valence-corrected chi connectivity index (χ1v) is 8.96. The van der Waals surface area contributed by atoms with Crippen molar-refractivity contribution in [2.45, 2.75) is 53.0 Å². The molecule has 1 aromatic rings. The van der Waals surface area contributed by atoms with E-state index >= 15 is 0 Å². The maximum Gasteiger partial charge on any atom is 0.214 e. The first-order valence-electron chi connectivity index (χ1n) is 7.35. The van der Waals surface area contributed by atoms with Crippen LogP contribution in [0.5, 0.6) is 0 Å². The number of sulfonamides is 1. The number of nitrogens with zero attached hydrogens (tertiary/aromatic N) is 2. The summed E-state index contributed by atoms with van der Waals surface area (Å²) < 4.78 is 26.6. The molecule has 0 radical (unpaired) electrons. The third-order valence-corrected chi connectivity index (χ3v) is 5.82. The van der Waals surface area contributed by atoms with Gasteiger partial charge in [-0.1, -0.05) is 27.7 Å². The van der Waals surface area contributed by atoms with E-state index in [1.807, 2.05) is 13.8 Å². The summed E-state index contributed by atoms with van der Waals surface area (Å²) in [6.45, 7) is 9.14. The number of H-pyrrole nitrogens is 1. The second-order valence-electron chi connectivity index (χ2n) is 6.33. The lowest BCUT2D eigenvalue weighted by Crippen LogP contribution is -2.34. The van der Waals surface area contributed by atoms with Gasteiger partial charge in [-0.15, -0.1) is 0 Å². The van der Waals surface area contributed by atoms with E-state index in [1.54, 1.807) is 4.31 Å². The molecule has 0 bridgehead atoms. The van der Waals surface area contributed by atoms with Gasteiger partial charge in [-0.05, 0) is 24.7 Å². The normalized spacial score (nSPS) is 17.5. The molecule has 0 spiro atoms. The van der Waals surface area contributed by atoms with Gasteiger partial charge in [0.2, 0.25) is 10.0 Å². The fraction of sp³-hybridized carbons (Fsp3) is 0.786. The molecule has 5 nitrogen and oxygen atoms in total. The van der Waals surface area contributed by atoms with E-state index in [-0.39, 0.29) is 11.7 Å². The molecule has 114 valence electrons. The lowest BCUT2D eigenvalue weighted by atomic mass is 10.0. The number of fused-ring (bicyclic) bond motifs is 1. The topological polar surface area (TPSA) is 66.1 Å². The molecule has 0 saturated carbocycles. The van der Waals surface area contributed by atoms with Crippen LogP contribution in [0.1, 0.15) is 57.0 Å². The SMILES string of the molecule is CC(C)CS(=O)(=O)N1CCCc2[nH]nc(C(C)C)c2C1. The van der Waals surface area contributed by atoms with E-state index in [1.165, 1.54) is 0 Å². The fourth-order valence-electron chi connectivity index (χ4n) is 2.73. The van der Waals surface area contributed by atoms with Crippen molar-refractivity contribution in [2.24, 2.45) is 5.92 Å². The van der Waals surface area contributed by atoms with E-state index in [0.717, 1.165) is 29.8 Å². The monoisotopic (exact) mass is 299 g/mol. The summed E-state index contributed by atoms with van der Waals surface area (Å²) in [5.74, 6) is 0.677. The van der Waals surface area contributed by atoms with E-state index < -0.39 is 10.0 Å². The number of hydrogen-bond donors (Lipinski definition) is 1. The van der Waals surface area contributed by atoms with Crippen molar-refractivity contribution >= 4 is 10.0 Å². The molecule has 0 amide bonds. The molecular weight excluding hydrogens is 274 g/mol. The van der Waals surface area contributed by atoms with Crippen LogP contribution in [0.2, 0.25) is 0 Å². The molecule has 2 heterocycles. The van der Waals surface area contributed by atoms with E-state index in [4.69, 9.17) is 0 Å². The number of rotatable bonds is 4. The van der Waals surface area contributed by atoms with Gasteiger partial charge >= 0.3 is 0 Å². The Hall–Kier alpha value is -0.880. The van der Waals surface area contributed by atoms with Crippen LogP contribution in [0.15, 0.2) is 0 Å². The quantitative estimate of drug-likeness (QED) is 0.927. The highest BCUT2D eigenvalue weighted by Gasteiger charge is 2.28. The van der Waals surface area contributed by atoms with Crippen LogP contribution >= 0.6 is 0 Å². The van der Waals surface area contributed by atoms with Crippen molar-refractivity contribution in [3.63, 3.8) is 0 Å². The van der Waals surface area contributed by atoms with Crippen LogP contribution in [-0.4, -0.2) is 35.2 Å². The summed E-state index contributed by atoms with van der Waals surface area (Å²) in [6, 6.07) is 0. The van der Waals surface area contributed by atoms with Crippen LogP contribution in [-0.2, 0) is 23.0 Å². The van der Waals surface area contributed by atoms with Gasteiger partial charge in [0.25, 0.3) is 0 Å². The second kappa shape index (κ2) is 5.85. The molecule has 0 aromatic carbocycles. The number of aryl methyl sites for hydroxylation is 1. The summed E-state index contributed by atoms with van der Waals surface area (Å²) in [4.78, 5) is 0. The number of aromatic nitrogens is 2. The Labute approximate surface area is 121 Å². The first-order chi connectivity index (χ1) is 9.31.